The molecular weight excluding hydrogens is 368 g/mol. The third-order valence-corrected chi connectivity index (χ3v) is 5.30. The SMILES string of the molecule is Oc1c(-c2cc(N3CCNCC3)no2)cccc1C1CC=Nc2ccccc2O1. The van der Waals surface area contributed by atoms with Gasteiger partial charge in [-0.25, -0.2) is 0 Å². The van der Waals surface area contributed by atoms with Crippen molar-refractivity contribution >= 4 is 17.7 Å². The van der Waals surface area contributed by atoms with Crippen LogP contribution in [0.3, 0.4) is 0 Å². The standard InChI is InChI=1S/C22H22N4O3/c27-22-15(18-8-9-24-17-6-1-2-7-19(17)28-18)4-3-5-16(22)20-14-21(25-29-20)26-12-10-23-11-13-26/h1-7,9,14,18,23,27H,8,10-13H2. The smallest absolute Gasteiger partial charge is 0.172 e. The summed E-state index contributed by atoms with van der Waals surface area (Å²) in [6.45, 7) is 3.61. The van der Waals surface area contributed by atoms with E-state index in [2.05, 4.69) is 20.4 Å². The van der Waals surface area contributed by atoms with Gasteiger partial charge in [-0.3, -0.25) is 4.99 Å². The Morgan fingerprint density at radius 1 is 1.07 bits per heavy atom. The quantitative estimate of drug-likeness (QED) is 0.710. The van der Waals surface area contributed by atoms with Gasteiger partial charge < -0.3 is 24.6 Å². The number of rotatable bonds is 3. The fourth-order valence-electron chi connectivity index (χ4n) is 3.76. The number of ether oxygens (including phenoxy) is 1. The Balaban J connectivity index is 1.45. The lowest BCUT2D eigenvalue weighted by atomic mass is 10.0. The van der Waals surface area contributed by atoms with Crippen molar-refractivity contribution in [3.05, 3.63) is 54.1 Å². The summed E-state index contributed by atoms with van der Waals surface area (Å²) in [4.78, 5) is 6.63. The zero-order valence-electron chi connectivity index (χ0n) is 15.9. The number of benzene rings is 2. The number of piperazine rings is 1. The number of anilines is 1. The first-order valence-electron chi connectivity index (χ1n) is 9.82. The van der Waals surface area contributed by atoms with Gasteiger partial charge in [0.05, 0.1) is 5.56 Å². The van der Waals surface area contributed by atoms with Crippen molar-refractivity contribution in [2.75, 3.05) is 31.1 Å². The first-order valence-corrected chi connectivity index (χ1v) is 9.82. The maximum absolute atomic E-state index is 11.0. The summed E-state index contributed by atoms with van der Waals surface area (Å²) in [6.07, 6.45) is 2.06. The zero-order chi connectivity index (χ0) is 19.6. The van der Waals surface area contributed by atoms with Crippen LogP contribution >= 0.6 is 0 Å². The van der Waals surface area contributed by atoms with Gasteiger partial charge in [0, 0.05) is 50.4 Å². The number of phenolic OH excluding ortho intramolecular Hbond substituents is 1. The maximum Gasteiger partial charge on any atom is 0.172 e. The van der Waals surface area contributed by atoms with Crippen molar-refractivity contribution in [2.24, 2.45) is 4.99 Å². The molecule has 1 atom stereocenters. The van der Waals surface area contributed by atoms with Crippen molar-refractivity contribution in [3.8, 4) is 22.8 Å². The molecule has 0 aliphatic carbocycles. The predicted octanol–water partition coefficient (Wildman–Crippen LogP) is 3.68. The van der Waals surface area contributed by atoms with Gasteiger partial charge in [-0.15, -0.1) is 0 Å². The average molecular weight is 390 g/mol. The minimum atomic E-state index is -0.335. The Morgan fingerprint density at radius 3 is 2.83 bits per heavy atom. The summed E-state index contributed by atoms with van der Waals surface area (Å²) in [5, 5.41) is 18.5. The number of hydrogen-bond acceptors (Lipinski definition) is 7. The average Bonchev–Trinajstić information content (AvgIpc) is 3.15. The van der Waals surface area contributed by atoms with Gasteiger partial charge in [0.1, 0.15) is 23.3 Å². The molecule has 3 heterocycles. The molecule has 2 aliphatic heterocycles. The topological polar surface area (TPSA) is 83.1 Å². The van der Waals surface area contributed by atoms with Crippen molar-refractivity contribution < 1.29 is 14.4 Å². The molecule has 1 fully saturated rings. The molecule has 29 heavy (non-hydrogen) atoms. The number of para-hydroxylation sites is 3. The zero-order valence-corrected chi connectivity index (χ0v) is 15.9. The van der Waals surface area contributed by atoms with Crippen LogP contribution in [0.4, 0.5) is 11.5 Å². The maximum atomic E-state index is 11.0. The molecule has 2 aliphatic rings. The van der Waals surface area contributed by atoms with E-state index < -0.39 is 0 Å². The Kier molecular flexibility index (Phi) is 4.65. The second-order valence-corrected chi connectivity index (χ2v) is 7.15. The molecule has 148 valence electrons. The van der Waals surface area contributed by atoms with E-state index in [-0.39, 0.29) is 11.9 Å². The first-order chi connectivity index (χ1) is 14.3. The van der Waals surface area contributed by atoms with Gasteiger partial charge in [0.2, 0.25) is 0 Å². The monoisotopic (exact) mass is 390 g/mol. The molecule has 0 saturated carbocycles. The van der Waals surface area contributed by atoms with Crippen LogP contribution in [0.25, 0.3) is 11.3 Å². The molecule has 1 aromatic heterocycles. The lowest BCUT2D eigenvalue weighted by molar-refractivity contribution is 0.213. The molecule has 0 amide bonds. The second kappa shape index (κ2) is 7.60. The number of nitrogens with one attached hydrogen (secondary N) is 1. The lowest BCUT2D eigenvalue weighted by Crippen LogP contribution is -2.43. The van der Waals surface area contributed by atoms with E-state index in [1.807, 2.05) is 54.7 Å². The summed E-state index contributed by atoms with van der Waals surface area (Å²) in [5.74, 6) is 2.18. The highest BCUT2D eigenvalue weighted by Gasteiger charge is 2.24. The molecule has 5 rings (SSSR count). The Morgan fingerprint density at radius 2 is 1.93 bits per heavy atom. The lowest BCUT2D eigenvalue weighted by Gasteiger charge is -2.26. The van der Waals surface area contributed by atoms with Crippen LogP contribution in [-0.2, 0) is 0 Å². The van der Waals surface area contributed by atoms with Crippen molar-refractivity contribution in [3.63, 3.8) is 0 Å². The number of nitrogens with zero attached hydrogens (tertiary/aromatic N) is 3. The third kappa shape index (κ3) is 3.45. The van der Waals surface area contributed by atoms with Crippen LogP contribution in [0.5, 0.6) is 11.5 Å². The summed E-state index contributed by atoms with van der Waals surface area (Å²) < 4.78 is 11.7. The molecule has 0 spiro atoms. The van der Waals surface area contributed by atoms with Gasteiger partial charge in [-0.1, -0.05) is 29.4 Å². The minimum Gasteiger partial charge on any atom is -0.507 e. The van der Waals surface area contributed by atoms with E-state index in [9.17, 15) is 5.11 Å². The van der Waals surface area contributed by atoms with Crippen molar-refractivity contribution in [2.45, 2.75) is 12.5 Å². The Bertz CT molecular complexity index is 1040. The van der Waals surface area contributed by atoms with E-state index in [1.54, 1.807) is 0 Å². The van der Waals surface area contributed by atoms with E-state index in [1.165, 1.54) is 0 Å². The number of aromatic hydroxyl groups is 1. The third-order valence-electron chi connectivity index (χ3n) is 5.30. The number of phenols is 1. The molecule has 1 unspecified atom stereocenters. The first kappa shape index (κ1) is 17.8. The minimum absolute atomic E-state index is 0.147. The highest BCUT2D eigenvalue weighted by molar-refractivity contribution is 5.72. The van der Waals surface area contributed by atoms with Gasteiger partial charge in [-0.05, 0) is 18.2 Å². The molecular formula is C22H22N4O3. The fraction of sp³-hybridized carbons (Fsp3) is 0.273. The van der Waals surface area contributed by atoms with E-state index in [0.717, 1.165) is 37.7 Å². The number of aromatic nitrogens is 1. The van der Waals surface area contributed by atoms with Crippen LogP contribution in [0.15, 0.2) is 58.0 Å². The van der Waals surface area contributed by atoms with Crippen LogP contribution in [0.2, 0.25) is 0 Å². The Hall–Kier alpha value is -3.32. The van der Waals surface area contributed by atoms with Crippen LogP contribution in [-0.4, -0.2) is 42.7 Å². The van der Waals surface area contributed by atoms with Gasteiger partial charge in [0.15, 0.2) is 11.6 Å². The molecule has 1 saturated heterocycles. The normalized spacial score (nSPS) is 18.8. The molecule has 3 aromatic rings. The number of aliphatic imine (C=N–C) groups is 1. The van der Waals surface area contributed by atoms with E-state index in [4.69, 9.17) is 9.26 Å². The van der Waals surface area contributed by atoms with Crippen LogP contribution in [0, 0.1) is 0 Å². The molecule has 7 heteroatoms. The summed E-state index contributed by atoms with van der Waals surface area (Å²) in [6, 6.07) is 15.1. The van der Waals surface area contributed by atoms with Crippen LogP contribution < -0.4 is 15.0 Å². The second-order valence-electron chi connectivity index (χ2n) is 7.15. The van der Waals surface area contributed by atoms with Crippen molar-refractivity contribution in [1.82, 2.24) is 10.5 Å². The summed E-state index contributed by atoms with van der Waals surface area (Å²) in [5.41, 5.74) is 2.10. The Labute approximate surface area is 168 Å². The molecule has 0 radical (unpaired) electrons. The van der Waals surface area contributed by atoms with Gasteiger partial charge in [-0.2, -0.15) is 0 Å². The van der Waals surface area contributed by atoms with E-state index >= 15 is 0 Å². The number of fused-ring (bicyclic) bond motifs is 1. The largest absolute Gasteiger partial charge is 0.507 e. The molecule has 7 nitrogen and oxygen atoms in total. The van der Waals surface area contributed by atoms with Gasteiger partial charge in [0.25, 0.3) is 0 Å². The highest BCUT2D eigenvalue weighted by Crippen LogP contribution is 2.41. The van der Waals surface area contributed by atoms with E-state index in [0.29, 0.717) is 29.1 Å². The van der Waals surface area contributed by atoms with Gasteiger partial charge >= 0.3 is 0 Å². The van der Waals surface area contributed by atoms with Crippen LogP contribution in [0.1, 0.15) is 18.1 Å². The summed E-state index contributed by atoms with van der Waals surface area (Å²) >= 11 is 0. The molecule has 2 N–H and O–H groups in total. The predicted molar refractivity (Wildman–Crippen MR) is 111 cm³/mol. The highest BCUT2D eigenvalue weighted by atomic mass is 16.5. The fourth-order valence-corrected chi connectivity index (χ4v) is 3.76. The summed E-state index contributed by atoms with van der Waals surface area (Å²) in [7, 11) is 0. The van der Waals surface area contributed by atoms with Crippen molar-refractivity contribution in [1.29, 1.82) is 0 Å². The molecule has 2 aromatic carbocycles. The number of hydrogen-bond donors (Lipinski definition) is 2. The molecule has 0 bridgehead atoms.